The van der Waals surface area contributed by atoms with Gasteiger partial charge in [0, 0.05) is 6.07 Å². The highest BCUT2D eigenvalue weighted by Crippen LogP contribution is 2.23. The molecule has 0 aliphatic heterocycles. The number of aromatic amines is 1. The van der Waals surface area contributed by atoms with Gasteiger partial charge >= 0.3 is 5.97 Å². The zero-order valence-corrected chi connectivity index (χ0v) is 16.2. The number of aromatic nitrogens is 4. The molecule has 0 unspecified atom stereocenters. The van der Waals surface area contributed by atoms with Crippen LogP contribution in [0.1, 0.15) is 16.3 Å². The van der Waals surface area contributed by atoms with Crippen molar-refractivity contribution in [3.63, 3.8) is 0 Å². The number of H-pyrrole nitrogens is 1. The third-order valence-corrected chi connectivity index (χ3v) is 4.69. The molecule has 2 aromatic carbocycles. The van der Waals surface area contributed by atoms with Crippen molar-refractivity contribution in [2.24, 2.45) is 0 Å². The Hall–Kier alpha value is -4.46. The van der Waals surface area contributed by atoms with E-state index in [0.29, 0.717) is 28.0 Å². The maximum atomic E-state index is 12.9. The molecule has 5 rings (SSSR count). The van der Waals surface area contributed by atoms with E-state index in [1.165, 1.54) is 10.9 Å². The first-order chi connectivity index (χ1) is 15.2. The summed E-state index contributed by atoms with van der Waals surface area (Å²) in [5.74, 6) is 0.184. The summed E-state index contributed by atoms with van der Waals surface area (Å²) in [5.41, 5.74) is 1.67. The third kappa shape index (κ3) is 3.62. The molecule has 0 bridgehead atoms. The van der Waals surface area contributed by atoms with Crippen LogP contribution in [0.5, 0.6) is 0 Å². The highest BCUT2D eigenvalue weighted by molar-refractivity contribution is 5.89. The van der Waals surface area contributed by atoms with Crippen molar-refractivity contribution in [3.05, 3.63) is 101 Å². The highest BCUT2D eigenvalue weighted by Gasteiger charge is 2.20. The molecule has 5 aromatic rings. The summed E-state index contributed by atoms with van der Waals surface area (Å²) in [4.78, 5) is 32.1. The van der Waals surface area contributed by atoms with Crippen molar-refractivity contribution < 1.29 is 13.9 Å². The number of para-hydroxylation sites is 2. The summed E-state index contributed by atoms with van der Waals surface area (Å²) >= 11 is 0. The van der Waals surface area contributed by atoms with Gasteiger partial charge in [0.15, 0.2) is 11.5 Å². The van der Waals surface area contributed by atoms with Crippen LogP contribution in [0, 0.1) is 0 Å². The number of rotatable bonds is 5. The fourth-order valence-corrected chi connectivity index (χ4v) is 3.25. The van der Waals surface area contributed by atoms with E-state index in [1.807, 2.05) is 30.3 Å². The summed E-state index contributed by atoms with van der Waals surface area (Å²) in [6, 6.07) is 21.3. The normalized spacial score (nSPS) is 11.0. The van der Waals surface area contributed by atoms with Crippen molar-refractivity contribution in [2.75, 3.05) is 0 Å². The van der Waals surface area contributed by atoms with Gasteiger partial charge in [0.25, 0.3) is 5.56 Å². The van der Waals surface area contributed by atoms with E-state index >= 15 is 0 Å². The minimum atomic E-state index is -0.607. The second kappa shape index (κ2) is 7.75. The van der Waals surface area contributed by atoms with E-state index in [-0.39, 0.29) is 23.7 Å². The van der Waals surface area contributed by atoms with Crippen molar-refractivity contribution in [2.45, 2.75) is 6.61 Å². The van der Waals surface area contributed by atoms with Gasteiger partial charge in [0.1, 0.15) is 18.1 Å². The van der Waals surface area contributed by atoms with Gasteiger partial charge in [-0.1, -0.05) is 30.3 Å². The topological polar surface area (TPSA) is 103 Å². The molecule has 0 aliphatic carbocycles. The molecule has 152 valence electrons. The molecule has 31 heavy (non-hydrogen) atoms. The Bertz CT molecular complexity index is 1420. The molecule has 8 heteroatoms. The monoisotopic (exact) mass is 412 g/mol. The Kier molecular flexibility index (Phi) is 4.64. The second-order valence-corrected chi connectivity index (χ2v) is 6.75. The van der Waals surface area contributed by atoms with Crippen molar-refractivity contribution in [1.82, 2.24) is 19.7 Å². The van der Waals surface area contributed by atoms with Crippen LogP contribution < -0.4 is 5.56 Å². The van der Waals surface area contributed by atoms with E-state index < -0.39 is 5.97 Å². The Morgan fingerprint density at radius 3 is 2.65 bits per heavy atom. The molecule has 1 N–H and O–H groups in total. The Labute approximate surface area is 175 Å². The number of carbonyl (C=O) groups is 1. The minimum Gasteiger partial charge on any atom is -0.463 e. The Morgan fingerprint density at radius 2 is 1.84 bits per heavy atom. The number of nitrogens with zero attached hydrogens (tertiary/aromatic N) is 3. The Balaban J connectivity index is 1.45. The van der Waals surface area contributed by atoms with Gasteiger partial charge in [-0.3, -0.25) is 4.79 Å². The number of hydrogen-bond donors (Lipinski definition) is 1. The van der Waals surface area contributed by atoms with Crippen molar-refractivity contribution in [1.29, 1.82) is 0 Å². The smallest absolute Gasteiger partial charge is 0.357 e. The molecule has 0 amide bonds. The number of nitrogens with one attached hydrogen (secondary N) is 1. The second-order valence-electron chi connectivity index (χ2n) is 6.75. The van der Waals surface area contributed by atoms with Crippen LogP contribution in [0.15, 0.2) is 88.3 Å². The first-order valence-corrected chi connectivity index (χ1v) is 9.53. The maximum Gasteiger partial charge on any atom is 0.357 e. The van der Waals surface area contributed by atoms with Crippen LogP contribution in [-0.4, -0.2) is 25.7 Å². The van der Waals surface area contributed by atoms with Gasteiger partial charge in [0.2, 0.25) is 0 Å². The van der Waals surface area contributed by atoms with Gasteiger partial charge in [-0.05, 0) is 36.4 Å². The number of hydrogen-bond acceptors (Lipinski definition) is 6. The molecular formula is C23H16N4O4. The summed E-state index contributed by atoms with van der Waals surface area (Å²) in [6.07, 6.45) is 1.54. The number of carbonyl (C=O) groups excluding carboxylic acids is 1. The fraction of sp³-hybridized carbons (Fsp3) is 0.0435. The predicted molar refractivity (Wildman–Crippen MR) is 113 cm³/mol. The number of esters is 1. The molecule has 8 nitrogen and oxygen atoms in total. The molecule has 3 heterocycles. The quantitative estimate of drug-likeness (QED) is 0.441. The lowest BCUT2D eigenvalue weighted by atomic mass is 10.2. The molecule has 0 radical (unpaired) electrons. The molecule has 3 aromatic heterocycles. The SMILES string of the molecule is O=C(OCc1nc2ccccc2c(=O)[nH]1)c1cc(-c2ccco2)nn1-c1ccccc1. The summed E-state index contributed by atoms with van der Waals surface area (Å²) in [5, 5.41) is 4.98. The minimum absolute atomic E-state index is 0.186. The van der Waals surface area contributed by atoms with E-state index in [0.717, 1.165) is 0 Å². The average molecular weight is 412 g/mol. The zero-order chi connectivity index (χ0) is 21.2. The first-order valence-electron chi connectivity index (χ1n) is 9.53. The predicted octanol–water partition coefficient (Wildman–Crippen LogP) is 3.73. The van der Waals surface area contributed by atoms with Crippen molar-refractivity contribution in [3.8, 4) is 17.1 Å². The van der Waals surface area contributed by atoms with E-state index in [9.17, 15) is 9.59 Å². The first kappa shape index (κ1) is 18.6. The lowest BCUT2D eigenvalue weighted by Gasteiger charge is -2.08. The number of furan rings is 1. The summed E-state index contributed by atoms with van der Waals surface area (Å²) < 4.78 is 12.4. The van der Waals surface area contributed by atoms with E-state index in [4.69, 9.17) is 9.15 Å². The van der Waals surface area contributed by atoms with Crippen LogP contribution in [0.4, 0.5) is 0 Å². The molecule has 0 atom stereocenters. The lowest BCUT2D eigenvalue weighted by Crippen LogP contribution is -2.16. The van der Waals surface area contributed by atoms with Gasteiger partial charge in [-0.15, -0.1) is 0 Å². The van der Waals surface area contributed by atoms with Crippen LogP contribution in [0.2, 0.25) is 0 Å². The van der Waals surface area contributed by atoms with Gasteiger partial charge in [-0.25, -0.2) is 14.5 Å². The van der Waals surface area contributed by atoms with Gasteiger partial charge in [-0.2, -0.15) is 5.10 Å². The number of fused-ring (bicyclic) bond motifs is 1. The van der Waals surface area contributed by atoms with Gasteiger partial charge in [0.05, 0.1) is 22.9 Å². The number of benzene rings is 2. The molecule has 0 saturated heterocycles. The van der Waals surface area contributed by atoms with Crippen LogP contribution >= 0.6 is 0 Å². The molecule has 0 fully saturated rings. The molecule has 0 spiro atoms. The lowest BCUT2D eigenvalue weighted by molar-refractivity contribution is 0.0451. The van der Waals surface area contributed by atoms with Crippen LogP contribution in [-0.2, 0) is 11.3 Å². The van der Waals surface area contributed by atoms with E-state index in [1.54, 1.807) is 42.5 Å². The largest absolute Gasteiger partial charge is 0.463 e. The fourth-order valence-electron chi connectivity index (χ4n) is 3.25. The van der Waals surface area contributed by atoms with Crippen molar-refractivity contribution >= 4 is 16.9 Å². The summed E-state index contributed by atoms with van der Waals surface area (Å²) in [7, 11) is 0. The zero-order valence-electron chi connectivity index (χ0n) is 16.2. The van der Waals surface area contributed by atoms with Gasteiger partial charge < -0.3 is 14.1 Å². The van der Waals surface area contributed by atoms with Crippen LogP contribution in [0.3, 0.4) is 0 Å². The third-order valence-electron chi connectivity index (χ3n) is 4.69. The Morgan fingerprint density at radius 1 is 1.03 bits per heavy atom. The summed E-state index contributed by atoms with van der Waals surface area (Å²) in [6.45, 7) is -0.186. The molecule has 0 aliphatic rings. The average Bonchev–Trinajstić information content (AvgIpc) is 3.48. The standard InChI is InChI=1S/C23H16N4O4/c28-22-16-9-4-5-10-17(16)24-21(25-22)14-31-23(29)19-13-18(20-11-6-12-30-20)26-27(19)15-7-2-1-3-8-15/h1-13H,14H2,(H,24,25,28). The molecule has 0 saturated carbocycles. The maximum absolute atomic E-state index is 12.9. The van der Waals surface area contributed by atoms with E-state index in [2.05, 4.69) is 15.1 Å². The van der Waals surface area contributed by atoms with Crippen LogP contribution in [0.25, 0.3) is 28.0 Å². The number of ether oxygens (including phenoxy) is 1. The molecular weight excluding hydrogens is 396 g/mol. The highest BCUT2D eigenvalue weighted by atomic mass is 16.5.